The molecule has 2 aromatic carbocycles. The molecule has 208 valence electrons. The minimum atomic E-state index is -4.70. The minimum absolute atomic E-state index is 0.0330. The molecule has 2 aliphatic carbocycles. The van der Waals surface area contributed by atoms with Crippen LogP contribution in [0.2, 0.25) is 0 Å². The third-order valence-electron chi connectivity index (χ3n) is 7.32. The monoisotopic (exact) mass is 565 g/mol. The first-order chi connectivity index (χ1) is 18.3. The molecule has 1 saturated carbocycles. The molecular weight excluding hydrogens is 538 g/mol. The molecule has 12 heteroatoms. The Labute approximate surface area is 223 Å². The Bertz CT molecular complexity index is 1480. The molecule has 0 spiro atoms. The SMILES string of the molecule is CCNc1ccc(S(C)(=O)=O)cc1C(=O)N1[C@@H]2C=C2C[C@@H]1C(=O)N[C@@H](c1ccc(C(F)(F)F)cc1F)C1CC1. The number of anilines is 1. The van der Waals surface area contributed by atoms with Crippen LogP contribution in [0.3, 0.4) is 0 Å². The van der Waals surface area contributed by atoms with Gasteiger partial charge in [-0.05, 0) is 61.6 Å². The number of hydrogen-bond acceptors (Lipinski definition) is 5. The maximum absolute atomic E-state index is 14.8. The lowest BCUT2D eigenvalue weighted by atomic mass is 9.99. The van der Waals surface area contributed by atoms with Gasteiger partial charge >= 0.3 is 6.18 Å². The highest BCUT2D eigenvalue weighted by Gasteiger charge is 2.50. The summed E-state index contributed by atoms with van der Waals surface area (Å²) in [6, 6.07) is 4.32. The molecule has 0 aromatic heterocycles. The molecule has 39 heavy (non-hydrogen) atoms. The van der Waals surface area contributed by atoms with Crippen LogP contribution in [-0.4, -0.2) is 50.0 Å². The molecule has 0 radical (unpaired) electrons. The van der Waals surface area contributed by atoms with Crippen LogP contribution in [0.25, 0.3) is 0 Å². The number of carbonyl (C=O) groups is 2. The van der Waals surface area contributed by atoms with E-state index in [0.717, 1.165) is 24.0 Å². The number of nitrogens with zero attached hydrogens (tertiary/aromatic N) is 1. The van der Waals surface area contributed by atoms with Gasteiger partial charge in [-0.3, -0.25) is 9.59 Å². The van der Waals surface area contributed by atoms with Gasteiger partial charge in [0.05, 0.1) is 28.1 Å². The summed E-state index contributed by atoms with van der Waals surface area (Å²) in [5, 5.41) is 5.84. The summed E-state index contributed by atoms with van der Waals surface area (Å²) in [5.41, 5.74) is 0.264. The van der Waals surface area contributed by atoms with Crippen molar-refractivity contribution in [3.8, 4) is 0 Å². The van der Waals surface area contributed by atoms with Crippen LogP contribution in [0.4, 0.5) is 23.2 Å². The van der Waals surface area contributed by atoms with Crippen LogP contribution in [0.15, 0.2) is 52.9 Å². The van der Waals surface area contributed by atoms with Crippen LogP contribution < -0.4 is 10.6 Å². The van der Waals surface area contributed by atoms with Crippen molar-refractivity contribution in [3.05, 3.63) is 70.6 Å². The predicted octanol–water partition coefficient (Wildman–Crippen LogP) is 4.47. The second-order valence-electron chi connectivity index (χ2n) is 10.2. The van der Waals surface area contributed by atoms with Crippen LogP contribution in [0.1, 0.15) is 53.7 Å². The number of rotatable bonds is 8. The number of likely N-dealkylation sites (tertiary alicyclic amines) is 1. The lowest BCUT2D eigenvalue weighted by molar-refractivity contribution is -0.137. The maximum Gasteiger partial charge on any atom is 0.416 e. The standard InChI is InChI=1S/C27H27F4N3O4S/c1-3-32-21-9-7-17(39(2,37)38)13-19(21)26(36)34-22-10-15(22)11-23(34)25(35)33-24(14-4-5-14)18-8-6-16(12-20(18)28)27(29,30)31/h6-10,12-14,22-24,32H,3-5,11H2,1-2H3,(H,33,35)/t22-,23-,24-/m1/s1. The fourth-order valence-corrected chi connectivity index (χ4v) is 5.75. The van der Waals surface area contributed by atoms with Gasteiger partial charge in [0, 0.05) is 30.5 Å². The van der Waals surface area contributed by atoms with Crippen molar-refractivity contribution in [1.82, 2.24) is 10.2 Å². The highest BCUT2D eigenvalue weighted by molar-refractivity contribution is 7.90. The first-order valence-corrected chi connectivity index (χ1v) is 14.5. The summed E-state index contributed by atoms with van der Waals surface area (Å²) in [6.45, 7) is 2.29. The van der Waals surface area contributed by atoms with E-state index in [-0.39, 0.29) is 34.4 Å². The van der Waals surface area contributed by atoms with Crippen molar-refractivity contribution in [2.45, 2.75) is 55.4 Å². The average Bonchev–Trinajstić information content (AvgIpc) is 3.79. The Balaban J connectivity index is 1.42. The molecule has 1 heterocycles. The molecule has 0 bridgehead atoms. The van der Waals surface area contributed by atoms with Gasteiger partial charge in [0.15, 0.2) is 9.84 Å². The van der Waals surface area contributed by atoms with Gasteiger partial charge in [-0.2, -0.15) is 13.2 Å². The predicted molar refractivity (Wildman–Crippen MR) is 135 cm³/mol. The first kappa shape index (κ1) is 27.2. The molecule has 2 fully saturated rings. The quantitative estimate of drug-likeness (QED) is 0.364. The van der Waals surface area contributed by atoms with E-state index >= 15 is 0 Å². The fourth-order valence-electron chi connectivity index (χ4n) is 5.10. The first-order valence-electron chi connectivity index (χ1n) is 12.6. The second-order valence-corrected chi connectivity index (χ2v) is 12.2. The van der Waals surface area contributed by atoms with E-state index in [2.05, 4.69) is 10.6 Å². The lowest BCUT2D eigenvalue weighted by Crippen LogP contribution is -2.49. The Morgan fingerprint density at radius 1 is 1.13 bits per heavy atom. The van der Waals surface area contributed by atoms with Gasteiger partial charge in [0.1, 0.15) is 11.9 Å². The zero-order valence-electron chi connectivity index (χ0n) is 21.2. The van der Waals surface area contributed by atoms with Crippen molar-refractivity contribution < 1.29 is 35.6 Å². The highest BCUT2D eigenvalue weighted by Crippen LogP contribution is 2.45. The summed E-state index contributed by atoms with van der Waals surface area (Å²) >= 11 is 0. The van der Waals surface area contributed by atoms with Crippen LogP contribution >= 0.6 is 0 Å². The number of halogens is 4. The van der Waals surface area contributed by atoms with Crippen molar-refractivity contribution in [1.29, 1.82) is 0 Å². The molecule has 2 N–H and O–H groups in total. The molecule has 1 saturated heterocycles. The lowest BCUT2D eigenvalue weighted by Gasteiger charge is -2.29. The van der Waals surface area contributed by atoms with Gasteiger partial charge in [0.25, 0.3) is 5.91 Å². The van der Waals surface area contributed by atoms with Crippen LogP contribution in [0.5, 0.6) is 0 Å². The number of nitrogens with one attached hydrogen (secondary N) is 2. The molecule has 2 amide bonds. The highest BCUT2D eigenvalue weighted by atomic mass is 32.2. The zero-order chi connectivity index (χ0) is 28.3. The number of fused-ring (bicyclic) bond motifs is 1. The number of amides is 2. The molecule has 3 aliphatic rings. The zero-order valence-corrected chi connectivity index (χ0v) is 22.0. The number of sulfone groups is 1. The molecule has 0 unspecified atom stereocenters. The van der Waals surface area contributed by atoms with Gasteiger partial charge in [-0.15, -0.1) is 0 Å². The average molecular weight is 566 g/mol. The van der Waals surface area contributed by atoms with Crippen LogP contribution in [0, 0.1) is 11.7 Å². The third-order valence-corrected chi connectivity index (χ3v) is 8.43. The van der Waals surface area contributed by atoms with Gasteiger partial charge in [0.2, 0.25) is 5.91 Å². The largest absolute Gasteiger partial charge is 0.416 e. The number of carbonyl (C=O) groups excluding carboxylic acids is 2. The molecule has 2 aromatic rings. The molecule has 3 atom stereocenters. The van der Waals surface area contributed by atoms with Crippen molar-refractivity contribution in [3.63, 3.8) is 0 Å². The van der Waals surface area contributed by atoms with E-state index in [0.29, 0.717) is 31.1 Å². The van der Waals surface area contributed by atoms with Gasteiger partial charge < -0.3 is 15.5 Å². The van der Waals surface area contributed by atoms with E-state index in [1.54, 1.807) is 0 Å². The number of alkyl halides is 3. The number of benzene rings is 2. The Hall–Kier alpha value is -3.41. The van der Waals surface area contributed by atoms with E-state index in [1.807, 2.05) is 13.0 Å². The van der Waals surface area contributed by atoms with E-state index in [4.69, 9.17) is 0 Å². The summed E-state index contributed by atoms with van der Waals surface area (Å²) in [6.07, 6.45) is -0.209. The third kappa shape index (κ3) is 5.39. The molecule has 1 aliphatic heterocycles. The molecule has 7 nitrogen and oxygen atoms in total. The Kier molecular flexibility index (Phi) is 6.72. The Morgan fingerprint density at radius 3 is 2.44 bits per heavy atom. The fraction of sp³-hybridized carbons (Fsp3) is 0.407. The molecular formula is C27H27F4N3O4S. The normalized spacial score (nSPS) is 21.2. The smallest absolute Gasteiger partial charge is 0.385 e. The summed E-state index contributed by atoms with van der Waals surface area (Å²) < 4.78 is 78.2. The summed E-state index contributed by atoms with van der Waals surface area (Å²) in [5.74, 6) is -2.27. The summed E-state index contributed by atoms with van der Waals surface area (Å²) in [7, 11) is -3.61. The number of hydrogen-bond donors (Lipinski definition) is 2. The van der Waals surface area contributed by atoms with Gasteiger partial charge in [-0.1, -0.05) is 12.1 Å². The van der Waals surface area contributed by atoms with Crippen LogP contribution in [-0.2, 0) is 20.8 Å². The van der Waals surface area contributed by atoms with Crippen molar-refractivity contribution in [2.75, 3.05) is 18.1 Å². The molecule has 5 rings (SSSR count). The van der Waals surface area contributed by atoms with Crippen molar-refractivity contribution in [2.24, 2.45) is 5.92 Å². The topological polar surface area (TPSA) is 95.6 Å². The Morgan fingerprint density at radius 2 is 1.85 bits per heavy atom. The van der Waals surface area contributed by atoms with E-state index in [9.17, 15) is 35.6 Å². The van der Waals surface area contributed by atoms with Crippen molar-refractivity contribution >= 4 is 27.3 Å². The maximum atomic E-state index is 14.8. The summed E-state index contributed by atoms with van der Waals surface area (Å²) in [4.78, 5) is 28.6. The van der Waals surface area contributed by atoms with E-state index < -0.39 is 51.3 Å². The van der Waals surface area contributed by atoms with Gasteiger partial charge in [-0.25, -0.2) is 12.8 Å². The minimum Gasteiger partial charge on any atom is -0.385 e. The second kappa shape index (κ2) is 9.65. The van der Waals surface area contributed by atoms with E-state index in [1.165, 1.54) is 23.1 Å².